The highest BCUT2D eigenvalue weighted by atomic mass is 16.7. The van der Waals surface area contributed by atoms with E-state index in [-0.39, 0.29) is 18.6 Å². The van der Waals surface area contributed by atoms with E-state index < -0.39 is 6.04 Å². The molecule has 1 heterocycles. The van der Waals surface area contributed by atoms with E-state index in [4.69, 9.17) is 9.47 Å². The summed E-state index contributed by atoms with van der Waals surface area (Å²) < 4.78 is 10.8. The molecule has 1 aliphatic rings. The molecule has 1 aliphatic heterocycles. The van der Waals surface area contributed by atoms with Crippen molar-refractivity contribution in [2.24, 2.45) is 0 Å². The molecule has 0 unspecified atom stereocenters. The first-order valence-corrected chi connectivity index (χ1v) is 11.0. The molecule has 6 heteroatoms. The van der Waals surface area contributed by atoms with E-state index in [0.29, 0.717) is 38.1 Å². The third-order valence-corrected chi connectivity index (χ3v) is 5.60. The number of carbonyl (C=O) groups excluding carboxylic acids is 2. The van der Waals surface area contributed by atoms with Gasteiger partial charge in [-0.15, -0.1) is 0 Å². The van der Waals surface area contributed by atoms with Gasteiger partial charge >= 0.3 is 0 Å². The van der Waals surface area contributed by atoms with Gasteiger partial charge in [0, 0.05) is 19.5 Å². The molecule has 0 saturated heterocycles. The Balaban J connectivity index is 1.76. The van der Waals surface area contributed by atoms with Crippen LogP contribution in [0.4, 0.5) is 0 Å². The smallest absolute Gasteiger partial charge is 0.242 e. The highest BCUT2D eigenvalue weighted by Gasteiger charge is 2.28. The zero-order valence-corrected chi connectivity index (χ0v) is 18.6. The second-order valence-corrected chi connectivity index (χ2v) is 7.85. The number of fused-ring (bicyclic) bond motifs is 1. The Morgan fingerprint density at radius 2 is 1.87 bits per heavy atom. The summed E-state index contributed by atoms with van der Waals surface area (Å²) >= 11 is 0. The fraction of sp³-hybridized carbons (Fsp3) is 0.440. The Bertz CT molecular complexity index is 912. The number of hydrogen-bond acceptors (Lipinski definition) is 4. The van der Waals surface area contributed by atoms with Gasteiger partial charge in [0.15, 0.2) is 11.5 Å². The Kier molecular flexibility index (Phi) is 7.93. The van der Waals surface area contributed by atoms with Gasteiger partial charge in [-0.1, -0.05) is 44.2 Å². The molecular weight excluding hydrogens is 392 g/mol. The van der Waals surface area contributed by atoms with Gasteiger partial charge in [0.05, 0.1) is 0 Å². The van der Waals surface area contributed by atoms with Crippen LogP contribution in [-0.2, 0) is 22.6 Å². The lowest BCUT2D eigenvalue weighted by molar-refractivity contribution is -0.141. The van der Waals surface area contributed by atoms with Crippen molar-refractivity contribution in [2.45, 2.75) is 59.0 Å². The fourth-order valence-electron chi connectivity index (χ4n) is 3.75. The first-order valence-electron chi connectivity index (χ1n) is 11.0. The molecule has 0 fully saturated rings. The van der Waals surface area contributed by atoms with Crippen molar-refractivity contribution in [3.05, 3.63) is 59.2 Å². The van der Waals surface area contributed by atoms with Crippen molar-refractivity contribution < 1.29 is 19.1 Å². The van der Waals surface area contributed by atoms with Crippen molar-refractivity contribution in [3.8, 4) is 11.5 Å². The average Bonchev–Trinajstić information content (AvgIpc) is 3.25. The lowest BCUT2D eigenvalue weighted by Gasteiger charge is -2.31. The molecule has 2 aromatic carbocycles. The van der Waals surface area contributed by atoms with Crippen LogP contribution in [0.15, 0.2) is 42.5 Å². The van der Waals surface area contributed by atoms with Gasteiger partial charge < -0.3 is 19.7 Å². The molecule has 1 N–H and O–H groups in total. The van der Waals surface area contributed by atoms with Crippen molar-refractivity contribution in [1.29, 1.82) is 0 Å². The van der Waals surface area contributed by atoms with Gasteiger partial charge in [-0.2, -0.15) is 0 Å². The molecule has 0 aromatic heterocycles. The number of amides is 2. The lowest BCUT2D eigenvalue weighted by atomic mass is 10.0. The molecule has 2 amide bonds. The van der Waals surface area contributed by atoms with E-state index in [1.54, 1.807) is 4.90 Å². The van der Waals surface area contributed by atoms with Crippen LogP contribution in [0.3, 0.4) is 0 Å². The van der Waals surface area contributed by atoms with Gasteiger partial charge in [0.1, 0.15) is 6.04 Å². The number of ether oxygens (including phenoxy) is 2. The van der Waals surface area contributed by atoms with Crippen LogP contribution in [0.2, 0.25) is 0 Å². The molecule has 31 heavy (non-hydrogen) atoms. The summed E-state index contributed by atoms with van der Waals surface area (Å²) in [5.74, 6) is 1.33. The lowest BCUT2D eigenvalue weighted by Crippen LogP contribution is -2.49. The standard InChI is InChI=1S/C25H32N2O4/c1-4-14-26-25(29)21(5-2)27(16-20-9-7-6-8-18(20)3)24(28)13-11-19-10-12-22-23(15-19)31-17-30-22/h6-10,12,15,21H,4-5,11,13-14,16-17H2,1-3H3,(H,26,29)/t21-/m0/s1. The van der Waals surface area contributed by atoms with E-state index in [9.17, 15) is 9.59 Å². The molecule has 3 rings (SSSR count). The monoisotopic (exact) mass is 424 g/mol. The minimum atomic E-state index is -0.490. The first-order chi connectivity index (χ1) is 15.0. The second-order valence-electron chi connectivity index (χ2n) is 7.85. The second kappa shape index (κ2) is 10.8. The predicted molar refractivity (Wildman–Crippen MR) is 120 cm³/mol. The zero-order chi connectivity index (χ0) is 22.2. The van der Waals surface area contributed by atoms with Gasteiger partial charge in [0.2, 0.25) is 18.6 Å². The topological polar surface area (TPSA) is 67.9 Å². The van der Waals surface area contributed by atoms with Crippen LogP contribution in [0.25, 0.3) is 0 Å². The van der Waals surface area contributed by atoms with E-state index in [2.05, 4.69) is 5.32 Å². The molecule has 6 nitrogen and oxygen atoms in total. The van der Waals surface area contributed by atoms with Crippen molar-refractivity contribution in [3.63, 3.8) is 0 Å². The predicted octanol–water partition coefficient (Wildman–Crippen LogP) is 3.99. The molecular formula is C25H32N2O4. The maximum atomic E-state index is 13.3. The Labute approximate surface area is 184 Å². The van der Waals surface area contributed by atoms with Crippen LogP contribution in [0.1, 0.15) is 49.8 Å². The largest absolute Gasteiger partial charge is 0.454 e. The van der Waals surface area contributed by atoms with Crippen LogP contribution in [-0.4, -0.2) is 36.1 Å². The number of rotatable bonds is 10. The van der Waals surface area contributed by atoms with Crippen molar-refractivity contribution in [2.75, 3.05) is 13.3 Å². The number of carbonyl (C=O) groups is 2. The summed E-state index contributed by atoms with van der Waals surface area (Å²) in [5.41, 5.74) is 3.18. The SMILES string of the molecule is CCCNC(=O)[C@H](CC)N(Cc1ccccc1C)C(=O)CCc1ccc2c(c1)OCO2. The number of benzene rings is 2. The number of nitrogens with one attached hydrogen (secondary N) is 1. The molecule has 0 saturated carbocycles. The minimum absolute atomic E-state index is 0.0283. The third kappa shape index (κ3) is 5.78. The molecule has 2 aromatic rings. The summed E-state index contributed by atoms with van der Waals surface area (Å²) in [6.45, 7) is 7.26. The Morgan fingerprint density at radius 1 is 1.10 bits per heavy atom. The molecule has 0 aliphatic carbocycles. The van der Waals surface area contributed by atoms with Crippen LogP contribution >= 0.6 is 0 Å². The quantitative estimate of drug-likeness (QED) is 0.626. The summed E-state index contributed by atoms with van der Waals surface area (Å²) in [7, 11) is 0. The minimum Gasteiger partial charge on any atom is -0.454 e. The zero-order valence-electron chi connectivity index (χ0n) is 18.6. The van der Waals surface area contributed by atoms with E-state index in [1.165, 1.54) is 0 Å². The molecule has 0 spiro atoms. The molecule has 0 bridgehead atoms. The van der Waals surface area contributed by atoms with Gasteiger partial charge in [-0.25, -0.2) is 0 Å². The first kappa shape index (κ1) is 22.7. The average molecular weight is 425 g/mol. The van der Waals surface area contributed by atoms with Crippen LogP contribution in [0, 0.1) is 6.92 Å². The van der Waals surface area contributed by atoms with Crippen LogP contribution in [0.5, 0.6) is 11.5 Å². The summed E-state index contributed by atoms with van der Waals surface area (Å²) in [5, 5.41) is 2.96. The maximum Gasteiger partial charge on any atom is 0.242 e. The van der Waals surface area contributed by atoms with Crippen molar-refractivity contribution in [1.82, 2.24) is 10.2 Å². The summed E-state index contributed by atoms with van der Waals surface area (Å²) in [4.78, 5) is 27.9. The number of aryl methyl sites for hydroxylation is 2. The third-order valence-electron chi connectivity index (χ3n) is 5.60. The van der Waals surface area contributed by atoms with E-state index >= 15 is 0 Å². The van der Waals surface area contributed by atoms with Gasteiger partial charge in [-0.3, -0.25) is 9.59 Å². The number of hydrogen-bond donors (Lipinski definition) is 1. The summed E-state index contributed by atoms with van der Waals surface area (Å²) in [6.07, 6.45) is 2.32. The van der Waals surface area contributed by atoms with Crippen LogP contribution < -0.4 is 14.8 Å². The van der Waals surface area contributed by atoms with E-state index in [1.807, 2.05) is 63.2 Å². The van der Waals surface area contributed by atoms with Gasteiger partial charge in [0.25, 0.3) is 0 Å². The maximum absolute atomic E-state index is 13.3. The normalized spacial score (nSPS) is 13.0. The highest BCUT2D eigenvalue weighted by Crippen LogP contribution is 2.32. The number of nitrogens with zero attached hydrogens (tertiary/aromatic N) is 1. The molecule has 166 valence electrons. The highest BCUT2D eigenvalue weighted by molar-refractivity contribution is 5.87. The summed E-state index contributed by atoms with van der Waals surface area (Å²) in [6, 6.07) is 13.3. The Morgan fingerprint density at radius 3 is 2.61 bits per heavy atom. The van der Waals surface area contributed by atoms with E-state index in [0.717, 1.165) is 28.9 Å². The Hall–Kier alpha value is -3.02. The fourth-order valence-corrected chi connectivity index (χ4v) is 3.75. The van der Waals surface area contributed by atoms with Gasteiger partial charge in [-0.05, 0) is 55.0 Å². The molecule has 0 radical (unpaired) electrons. The molecule has 1 atom stereocenters. The van der Waals surface area contributed by atoms with Crippen molar-refractivity contribution >= 4 is 11.8 Å².